The van der Waals surface area contributed by atoms with E-state index in [2.05, 4.69) is 25.3 Å². The van der Waals surface area contributed by atoms with Gasteiger partial charge in [0.1, 0.15) is 0 Å². The first-order valence-electron chi connectivity index (χ1n) is 6.03. The van der Waals surface area contributed by atoms with Crippen LogP contribution in [0.5, 0.6) is 0 Å². The SMILES string of the molecule is CNC(C)CNC(=O)c1ccc(-c2ncon2)cc1. The second-order valence-electron chi connectivity index (χ2n) is 4.23. The highest BCUT2D eigenvalue weighted by molar-refractivity contribution is 5.94. The van der Waals surface area contributed by atoms with E-state index in [4.69, 9.17) is 0 Å². The molecule has 0 saturated heterocycles. The Balaban J connectivity index is 2.00. The summed E-state index contributed by atoms with van der Waals surface area (Å²) in [4.78, 5) is 15.8. The van der Waals surface area contributed by atoms with E-state index < -0.39 is 0 Å². The average Bonchev–Trinajstić information content (AvgIpc) is 2.98. The predicted molar refractivity (Wildman–Crippen MR) is 70.6 cm³/mol. The van der Waals surface area contributed by atoms with Crippen LogP contribution in [0, 0.1) is 0 Å². The fourth-order valence-corrected chi connectivity index (χ4v) is 1.52. The molecule has 2 aromatic rings. The van der Waals surface area contributed by atoms with Gasteiger partial charge in [-0.15, -0.1) is 0 Å². The molecule has 0 saturated carbocycles. The van der Waals surface area contributed by atoms with Crippen LogP contribution in [0.1, 0.15) is 17.3 Å². The molecule has 2 N–H and O–H groups in total. The summed E-state index contributed by atoms with van der Waals surface area (Å²) in [5.41, 5.74) is 1.42. The van der Waals surface area contributed by atoms with Gasteiger partial charge in [-0.3, -0.25) is 4.79 Å². The van der Waals surface area contributed by atoms with Crippen LogP contribution in [-0.4, -0.2) is 35.7 Å². The Morgan fingerprint density at radius 1 is 1.37 bits per heavy atom. The lowest BCUT2D eigenvalue weighted by Crippen LogP contribution is -2.37. The zero-order valence-electron chi connectivity index (χ0n) is 10.9. The van der Waals surface area contributed by atoms with Crippen molar-refractivity contribution in [2.75, 3.05) is 13.6 Å². The van der Waals surface area contributed by atoms with E-state index in [1.807, 2.05) is 14.0 Å². The minimum Gasteiger partial charge on any atom is -0.350 e. The smallest absolute Gasteiger partial charge is 0.251 e. The van der Waals surface area contributed by atoms with Crippen molar-refractivity contribution in [1.29, 1.82) is 0 Å². The molecule has 2 rings (SSSR count). The molecule has 0 radical (unpaired) electrons. The number of rotatable bonds is 5. The third kappa shape index (κ3) is 3.38. The van der Waals surface area contributed by atoms with Crippen LogP contribution in [0.3, 0.4) is 0 Å². The van der Waals surface area contributed by atoms with Crippen LogP contribution in [0.2, 0.25) is 0 Å². The number of amides is 1. The number of hydrogen-bond acceptors (Lipinski definition) is 5. The van der Waals surface area contributed by atoms with Crippen LogP contribution in [0.25, 0.3) is 11.4 Å². The number of hydrogen-bond donors (Lipinski definition) is 2. The Morgan fingerprint density at radius 3 is 2.68 bits per heavy atom. The van der Waals surface area contributed by atoms with E-state index in [0.717, 1.165) is 5.56 Å². The maximum atomic E-state index is 11.9. The Morgan fingerprint density at radius 2 is 2.11 bits per heavy atom. The van der Waals surface area contributed by atoms with Gasteiger partial charge in [0.05, 0.1) is 0 Å². The molecule has 0 aliphatic heterocycles. The van der Waals surface area contributed by atoms with Gasteiger partial charge in [0, 0.05) is 23.7 Å². The molecule has 6 nitrogen and oxygen atoms in total. The summed E-state index contributed by atoms with van der Waals surface area (Å²) < 4.78 is 4.68. The van der Waals surface area contributed by atoms with Crippen molar-refractivity contribution in [3.05, 3.63) is 36.2 Å². The Kier molecular flexibility index (Phi) is 4.25. The first-order chi connectivity index (χ1) is 9.20. The highest BCUT2D eigenvalue weighted by Crippen LogP contribution is 2.14. The van der Waals surface area contributed by atoms with Gasteiger partial charge in [0.2, 0.25) is 12.2 Å². The van der Waals surface area contributed by atoms with Crippen LogP contribution in [0.15, 0.2) is 35.2 Å². The molecular formula is C13H16N4O2. The van der Waals surface area contributed by atoms with Crippen LogP contribution < -0.4 is 10.6 Å². The Labute approximate surface area is 111 Å². The fourth-order valence-electron chi connectivity index (χ4n) is 1.52. The lowest BCUT2D eigenvalue weighted by atomic mass is 10.1. The highest BCUT2D eigenvalue weighted by atomic mass is 16.5. The number of benzene rings is 1. The van der Waals surface area contributed by atoms with Gasteiger partial charge in [-0.1, -0.05) is 17.3 Å². The maximum absolute atomic E-state index is 11.9. The van der Waals surface area contributed by atoms with Crippen molar-refractivity contribution in [3.63, 3.8) is 0 Å². The number of aromatic nitrogens is 2. The predicted octanol–water partition coefficient (Wildman–Crippen LogP) is 1.07. The first-order valence-corrected chi connectivity index (χ1v) is 6.03. The molecular weight excluding hydrogens is 244 g/mol. The first kappa shape index (κ1) is 13.2. The van der Waals surface area contributed by atoms with Crippen molar-refractivity contribution in [1.82, 2.24) is 20.8 Å². The van der Waals surface area contributed by atoms with E-state index in [0.29, 0.717) is 17.9 Å². The molecule has 1 aromatic heterocycles. The van der Waals surface area contributed by atoms with Crippen LogP contribution >= 0.6 is 0 Å². The van der Waals surface area contributed by atoms with Crippen LogP contribution in [0.4, 0.5) is 0 Å². The summed E-state index contributed by atoms with van der Waals surface area (Å²) in [6.07, 6.45) is 1.27. The van der Waals surface area contributed by atoms with Gasteiger partial charge in [-0.2, -0.15) is 4.98 Å². The second kappa shape index (κ2) is 6.10. The van der Waals surface area contributed by atoms with Crippen molar-refractivity contribution in [3.8, 4) is 11.4 Å². The molecule has 0 fully saturated rings. The van der Waals surface area contributed by atoms with Crippen molar-refractivity contribution >= 4 is 5.91 Å². The molecule has 1 aromatic carbocycles. The molecule has 1 amide bonds. The summed E-state index contributed by atoms with van der Waals surface area (Å²) in [7, 11) is 1.86. The van der Waals surface area contributed by atoms with E-state index in [1.165, 1.54) is 6.39 Å². The van der Waals surface area contributed by atoms with Crippen LogP contribution in [-0.2, 0) is 0 Å². The normalized spacial score (nSPS) is 12.1. The molecule has 0 aliphatic rings. The summed E-state index contributed by atoms with van der Waals surface area (Å²) in [6.45, 7) is 2.58. The second-order valence-corrected chi connectivity index (χ2v) is 4.23. The quantitative estimate of drug-likeness (QED) is 0.840. The monoisotopic (exact) mass is 260 g/mol. The lowest BCUT2D eigenvalue weighted by Gasteiger charge is -2.11. The molecule has 19 heavy (non-hydrogen) atoms. The molecule has 6 heteroatoms. The number of nitrogens with zero attached hydrogens (tertiary/aromatic N) is 2. The van der Waals surface area contributed by atoms with E-state index in [9.17, 15) is 4.79 Å². The lowest BCUT2D eigenvalue weighted by molar-refractivity contribution is 0.0950. The minimum atomic E-state index is -0.0956. The van der Waals surface area contributed by atoms with Gasteiger partial charge < -0.3 is 15.2 Å². The maximum Gasteiger partial charge on any atom is 0.251 e. The number of carbonyl (C=O) groups excluding carboxylic acids is 1. The summed E-state index contributed by atoms with van der Waals surface area (Å²) >= 11 is 0. The van der Waals surface area contributed by atoms with Gasteiger partial charge >= 0.3 is 0 Å². The third-order valence-corrected chi connectivity index (χ3v) is 2.83. The Bertz CT molecular complexity index is 522. The number of carbonyl (C=O) groups is 1. The standard InChI is InChI=1S/C13H16N4O2/c1-9(14-2)7-15-13(18)11-5-3-10(4-6-11)12-16-8-19-17-12/h3-6,8-9,14H,7H2,1-2H3,(H,15,18). The van der Waals surface area contributed by atoms with E-state index >= 15 is 0 Å². The molecule has 100 valence electrons. The zero-order valence-corrected chi connectivity index (χ0v) is 10.9. The van der Waals surface area contributed by atoms with E-state index in [1.54, 1.807) is 24.3 Å². The van der Waals surface area contributed by atoms with Gasteiger partial charge in [-0.05, 0) is 26.1 Å². The zero-order chi connectivity index (χ0) is 13.7. The third-order valence-electron chi connectivity index (χ3n) is 2.83. The molecule has 1 atom stereocenters. The summed E-state index contributed by atoms with van der Waals surface area (Å²) in [5, 5.41) is 9.65. The van der Waals surface area contributed by atoms with Crippen molar-refractivity contribution in [2.45, 2.75) is 13.0 Å². The van der Waals surface area contributed by atoms with Crippen molar-refractivity contribution < 1.29 is 9.32 Å². The topological polar surface area (TPSA) is 80.0 Å². The number of nitrogens with one attached hydrogen (secondary N) is 2. The largest absolute Gasteiger partial charge is 0.350 e. The van der Waals surface area contributed by atoms with Crippen molar-refractivity contribution in [2.24, 2.45) is 0 Å². The summed E-state index contributed by atoms with van der Waals surface area (Å²) in [6, 6.07) is 7.31. The molecule has 1 unspecified atom stereocenters. The number of likely N-dealkylation sites (N-methyl/N-ethyl adjacent to an activating group) is 1. The van der Waals surface area contributed by atoms with Gasteiger partial charge in [0.25, 0.3) is 5.91 Å². The molecule has 1 heterocycles. The van der Waals surface area contributed by atoms with Gasteiger partial charge in [0.15, 0.2) is 0 Å². The van der Waals surface area contributed by atoms with Gasteiger partial charge in [-0.25, -0.2) is 0 Å². The molecule has 0 spiro atoms. The summed E-state index contributed by atoms with van der Waals surface area (Å²) in [5.74, 6) is 0.414. The molecule has 0 bridgehead atoms. The Hall–Kier alpha value is -2.21. The average molecular weight is 260 g/mol. The minimum absolute atomic E-state index is 0.0956. The fraction of sp³-hybridized carbons (Fsp3) is 0.308. The van der Waals surface area contributed by atoms with E-state index in [-0.39, 0.29) is 11.9 Å². The molecule has 0 aliphatic carbocycles. The highest BCUT2D eigenvalue weighted by Gasteiger charge is 2.08.